The van der Waals surface area contributed by atoms with Crippen molar-refractivity contribution in [2.75, 3.05) is 0 Å². The van der Waals surface area contributed by atoms with Crippen LogP contribution >= 0.6 is 11.6 Å². The molecule has 0 heterocycles. The van der Waals surface area contributed by atoms with Crippen molar-refractivity contribution in [1.29, 1.82) is 0 Å². The van der Waals surface area contributed by atoms with Gasteiger partial charge in [-0.3, -0.25) is 0 Å². The van der Waals surface area contributed by atoms with E-state index >= 15 is 0 Å². The molecule has 0 unspecified atom stereocenters. The standard InChI is InChI=1S/C16H13ClO4S2/c17-15-8-6-14(7-9-15)10-11-22(18,19)12-13-23(20,21)16-4-2-1-3-5-16/h1-13H/b11-10+,13-12+. The first kappa shape index (κ1) is 17.5. The zero-order valence-corrected chi connectivity index (χ0v) is 14.2. The molecule has 0 bridgehead atoms. The van der Waals surface area contributed by atoms with E-state index in [4.69, 9.17) is 11.6 Å². The number of rotatable bonds is 5. The van der Waals surface area contributed by atoms with E-state index in [0.717, 1.165) is 5.41 Å². The van der Waals surface area contributed by atoms with E-state index in [9.17, 15) is 16.8 Å². The molecule has 0 saturated heterocycles. The minimum absolute atomic E-state index is 0.0353. The van der Waals surface area contributed by atoms with Crippen molar-refractivity contribution in [2.45, 2.75) is 4.90 Å². The highest BCUT2D eigenvalue weighted by Gasteiger charge is 2.11. The molecule has 0 spiro atoms. The lowest BCUT2D eigenvalue weighted by atomic mass is 10.2. The summed E-state index contributed by atoms with van der Waals surface area (Å²) in [5, 5.41) is 2.83. The second-order valence-corrected chi connectivity index (χ2v) is 8.57. The average molecular weight is 369 g/mol. The molecule has 0 aliphatic heterocycles. The van der Waals surface area contributed by atoms with Gasteiger partial charge in [0.1, 0.15) is 0 Å². The Labute approximate surface area is 140 Å². The van der Waals surface area contributed by atoms with Crippen LogP contribution in [0.1, 0.15) is 5.56 Å². The van der Waals surface area contributed by atoms with Crippen molar-refractivity contribution < 1.29 is 16.8 Å². The fourth-order valence-corrected chi connectivity index (χ4v) is 4.09. The summed E-state index contributed by atoms with van der Waals surface area (Å²) in [7, 11) is -7.60. The first-order valence-electron chi connectivity index (χ1n) is 6.45. The summed E-state index contributed by atoms with van der Waals surface area (Å²) in [5.74, 6) is 0. The summed E-state index contributed by atoms with van der Waals surface area (Å²) in [5.41, 5.74) is 0.636. The van der Waals surface area contributed by atoms with Gasteiger partial charge in [-0.1, -0.05) is 41.9 Å². The fourth-order valence-electron chi connectivity index (χ4n) is 1.63. The Kier molecular flexibility index (Phi) is 5.41. The summed E-state index contributed by atoms with van der Waals surface area (Å²) in [6.45, 7) is 0. The van der Waals surface area contributed by atoms with Gasteiger partial charge in [-0.25, -0.2) is 16.8 Å². The molecule has 120 valence electrons. The zero-order valence-electron chi connectivity index (χ0n) is 11.8. The van der Waals surface area contributed by atoms with Gasteiger partial charge < -0.3 is 0 Å². The SMILES string of the molecule is O=S(=O)(/C=C/c1ccc(Cl)cc1)/C=C/S(=O)(=O)c1ccccc1. The highest BCUT2D eigenvalue weighted by atomic mass is 35.5. The maximum Gasteiger partial charge on any atom is 0.200 e. The molecule has 0 aliphatic carbocycles. The number of hydrogen-bond donors (Lipinski definition) is 0. The molecule has 4 nitrogen and oxygen atoms in total. The van der Waals surface area contributed by atoms with Crippen LogP contribution in [0.3, 0.4) is 0 Å². The molecule has 0 radical (unpaired) electrons. The van der Waals surface area contributed by atoms with Crippen molar-refractivity contribution in [3.63, 3.8) is 0 Å². The van der Waals surface area contributed by atoms with Crippen LogP contribution in [-0.2, 0) is 19.7 Å². The van der Waals surface area contributed by atoms with Crippen LogP contribution in [0.4, 0.5) is 0 Å². The van der Waals surface area contributed by atoms with Crippen LogP contribution in [0.25, 0.3) is 6.08 Å². The molecular formula is C16H13ClO4S2. The summed E-state index contributed by atoms with van der Waals surface area (Å²) in [4.78, 5) is 0.0353. The van der Waals surface area contributed by atoms with Gasteiger partial charge in [-0.15, -0.1) is 0 Å². The van der Waals surface area contributed by atoms with Crippen molar-refractivity contribution in [3.05, 3.63) is 81.4 Å². The van der Waals surface area contributed by atoms with Crippen LogP contribution in [0, 0.1) is 0 Å². The molecule has 7 heteroatoms. The van der Waals surface area contributed by atoms with Gasteiger partial charge in [-0.2, -0.15) is 0 Å². The number of halogens is 1. The largest absolute Gasteiger partial charge is 0.220 e. The molecule has 2 aromatic carbocycles. The predicted octanol–water partition coefficient (Wildman–Crippen LogP) is 3.67. The molecule has 0 fully saturated rings. The molecule has 0 aliphatic rings. The lowest BCUT2D eigenvalue weighted by Gasteiger charge is -1.97. The van der Waals surface area contributed by atoms with E-state index in [1.807, 2.05) is 0 Å². The maximum atomic E-state index is 12.0. The Balaban J connectivity index is 2.19. The van der Waals surface area contributed by atoms with Crippen LogP contribution in [0.15, 0.2) is 75.7 Å². The molecule has 0 atom stereocenters. The van der Waals surface area contributed by atoms with Crippen molar-refractivity contribution in [2.24, 2.45) is 0 Å². The highest BCUT2D eigenvalue weighted by Crippen LogP contribution is 2.14. The molecule has 2 aromatic rings. The topological polar surface area (TPSA) is 68.3 Å². The van der Waals surface area contributed by atoms with Crippen LogP contribution in [0.5, 0.6) is 0 Å². The van der Waals surface area contributed by atoms with Gasteiger partial charge in [0.25, 0.3) is 0 Å². The summed E-state index contributed by atoms with van der Waals surface area (Å²) < 4.78 is 47.8. The van der Waals surface area contributed by atoms with E-state index in [-0.39, 0.29) is 4.90 Å². The molecule has 0 aromatic heterocycles. The van der Waals surface area contributed by atoms with Gasteiger partial charge in [0, 0.05) is 21.2 Å². The summed E-state index contributed by atoms with van der Waals surface area (Å²) >= 11 is 5.74. The van der Waals surface area contributed by atoms with Crippen LogP contribution < -0.4 is 0 Å². The third-order valence-corrected chi connectivity index (χ3v) is 5.70. The first-order valence-corrected chi connectivity index (χ1v) is 9.99. The van der Waals surface area contributed by atoms with Gasteiger partial charge in [0.15, 0.2) is 9.84 Å². The van der Waals surface area contributed by atoms with E-state index in [1.165, 1.54) is 18.2 Å². The Morgan fingerprint density at radius 1 is 0.739 bits per heavy atom. The van der Waals surface area contributed by atoms with Crippen molar-refractivity contribution in [3.8, 4) is 0 Å². The fraction of sp³-hybridized carbons (Fsp3) is 0. The van der Waals surface area contributed by atoms with Crippen molar-refractivity contribution in [1.82, 2.24) is 0 Å². The maximum absolute atomic E-state index is 12.0. The highest BCUT2D eigenvalue weighted by molar-refractivity contribution is 7.99. The summed E-state index contributed by atoms with van der Waals surface area (Å²) in [6, 6.07) is 14.2. The van der Waals surface area contributed by atoms with Gasteiger partial charge >= 0.3 is 0 Å². The number of hydrogen-bond acceptors (Lipinski definition) is 4. The Morgan fingerprint density at radius 2 is 1.35 bits per heavy atom. The second-order valence-electron chi connectivity index (χ2n) is 4.57. The Bertz CT molecular complexity index is 927. The smallest absolute Gasteiger partial charge is 0.200 e. The third-order valence-electron chi connectivity index (χ3n) is 2.82. The molecule has 0 N–H and O–H groups in total. The number of benzene rings is 2. The third kappa shape index (κ3) is 5.35. The Hall–Kier alpha value is -1.89. The molecule has 23 heavy (non-hydrogen) atoms. The minimum Gasteiger partial charge on any atom is -0.220 e. The second kappa shape index (κ2) is 7.12. The van der Waals surface area contributed by atoms with Crippen LogP contribution in [0.2, 0.25) is 5.02 Å². The lowest BCUT2D eigenvalue weighted by molar-refractivity contribution is 0.603. The first-order chi connectivity index (χ1) is 10.8. The number of sulfone groups is 2. The Morgan fingerprint density at radius 3 is 1.96 bits per heavy atom. The van der Waals surface area contributed by atoms with Gasteiger partial charge in [-0.05, 0) is 35.9 Å². The zero-order chi connectivity index (χ0) is 16.9. The quantitative estimate of drug-likeness (QED) is 0.807. The monoisotopic (exact) mass is 368 g/mol. The molecule has 0 saturated carbocycles. The lowest BCUT2D eigenvalue weighted by Crippen LogP contribution is -1.97. The van der Waals surface area contributed by atoms with Crippen molar-refractivity contribution >= 4 is 37.4 Å². The normalized spacial score (nSPS) is 12.9. The van der Waals surface area contributed by atoms with E-state index < -0.39 is 19.7 Å². The molecular weight excluding hydrogens is 356 g/mol. The summed E-state index contributed by atoms with van der Waals surface area (Å²) in [6.07, 6.45) is 1.37. The minimum atomic E-state index is -3.80. The van der Waals surface area contributed by atoms with E-state index in [1.54, 1.807) is 42.5 Å². The van der Waals surface area contributed by atoms with Gasteiger partial charge in [0.2, 0.25) is 9.84 Å². The molecule has 2 rings (SSSR count). The van der Waals surface area contributed by atoms with Gasteiger partial charge in [0.05, 0.1) is 4.90 Å². The van der Waals surface area contributed by atoms with E-state index in [0.29, 0.717) is 21.4 Å². The molecule has 0 amide bonds. The average Bonchev–Trinajstić information content (AvgIpc) is 2.54. The van der Waals surface area contributed by atoms with E-state index in [2.05, 4.69) is 0 Å². The van der Waals surface area contributed by atoms with Crippen LogP contribution in [-0.4, -0.2) is 16.8 Å². The predicted molar refractivity (Wildman–Crippen MR) is 92.2 cm³/mol.